The van der Waals surface area contributed by atoms with E-state index in [9.17, 15) is 0 Å². The van der Waals surface area contributed by atoms with E-state index < -0.39 is 0 Å². The van der Waals surface area contributed by atoms with Gasteiger partial charge in [-0.3, -0.25) is 14.4 Å². The van der Waals surface area contributed by atoms with Gasteiger partial charge in [0.2, 0.25) is 0 Å². The molecule has 0 aliphatic rings. The van der Waals surface area contributed by atoms with Crippen LogP contribution < -0.4 is 0 Å². The Balaban J connectivity index is 2.65. The molecule has 0 N–H and O–H groups in total. The van der Waals surface area contributed by atoms with Crippen molar-refractivity contribution in [2.45, 2.75) is 0 Å². The van der Waals surface area contributed by atoms with Gasteiger partial charge >= 0.3 is 0 Å². The minimum absolute atomic E-state index is 0.931. The van der Waals surface area contributed by atoms with Gasteiger partial charge in [0, 0.05) is 6.20 Å². The molecular weight excluding hydrogens is 164 g/mol. The number of hydrogen-bond donors (Lipinski definition) is 0. The van der Waals surface area contributed by atoms with Crippen molar-refractivity contribution in [3.05, 3.63) is 37.2 Å². The topological polar surface area (TPSA) is 43.1 Å². The highest BCUT2D eigenvalue weighted by molar-refractivity contribution is 5.76. The highest BCUT2D eigenvalue weighted by Gasteiger charge is 1.99. The Morgan fingerprint density at radius 1 is 1.08 bits per heavy atom. The van der Waals surface area contributed by atoms with E-state index in [4.69, 9.17) is 0 Å². The molecule has 0 aliphatic carbocycles. The molecule has 0 amide bonds. The van der Waals surface area contributed by atoms with Crippen molar-refractivity contribution < 1.29 is 0 Å². The standard InChI is InChI=1S/C9H6N4/c1-2-10-5-9-8(1)12-4-7-3-11-6-13(7)9/h1-6H. The molecule has 62 valence electrons. The molecule has 0 bridgehead atoms. The lowest BCUT2D eigenvalue weighted by Gasteiger charge is -1.98. The fraction of sp³-hybridized carbons (Fsp3) is 0. The molecule has 3 aromatic heterocycles. The molecule has 0 aliphatic heterocycles. The SMILES string of the molecule is c1cc2ncc3cncn3c2cn1. The maximum atomic E-state index is 4.28. The number of rotatable bonds is 0. The smallest absolute Gasteiger partial charge is 0.0998 e. The Labute approximate surface area is 73.9 Å². The molecular formula is C9H6N4. The van der Waals surface area contributed by atoms with Gasteiger partial charge in [0.15, 0.2) is 0 Å². The Hall–Kier alpha value is -1.97. The summed E-state index contributed by atoms with van der Waals surface area (Å²) in [4.78, 5) is 12.4. The van der Waals surface area contributed by atoms with E-state index in [2.05, 4.69) is 15.0 Å². The van der Waals surface area contributed by atoms with Crippen LogP contribution in [0.4, 0.5) is 0 Å². The Bertz CT molecular complexity index is 570. The molecule has 0 fully saturated rings. The summed E-state index contributed by atoms with van der Waals surface area (Å²) in [5, 5.41) is 0. The lowest BCUT2D eigenvalue weighted by atomic mass is 10.4. The number of aromatic nitrogens is 4. The van der Waals surface area contributed by atoms with Gasteiger partial charge in [-0.1, -0.05) is 0 Å². The van der Waals surface area contributed by atoms with Gasteiger partial charge in [-0.25, -0.2) is 4.98 Å². The predicted octanol–water partition coefficient (Wildman–Crippen LogP) is 1.28. The molecule has 0 unspecified atom stereocenters. The Kier molecular flexibility index (Phi) is 1.14. The number of pyridine rings is 1. The first-order valence-corrected chi connectivity index (χ1v) is 3.96. The van der Waals surface area contributed by atoms with Crippen molar-refractivity contribution in [1.29, 1.82) is 0 Å². The van der Waals surface area contributed by atoms with Crippen LogP contribution in [0.2, 0.25) is 0 Å². The number of nitrogens with zero attached hydrogens (tertiary/aromatic N) is 4. The summed E-state index contributed by atoms with van der Waals surface area (Å²) in [5.41, 5.74) is 2.90. The monoisotopic (exact) mass is 170 g/mol. The van der Waals surface area contributed by atoms with Crippen LogP contribution >= 0.6 is 0 Å². The van der Waals surface area contributed by atoms with E-state index in [1.165, 1.54) is 0 Å². The van der Waals surface area contributed by atoms with Crippen LogP contribution in [0.15, 0.2) is 37.2 Å². The normalized spacial score (nSPS) is 11.1. The van der Waals surface area contributed by atoms with E-state index in [0.717, 1.165) is 16.6 Å². The summed E-state index contributed by atoms with van der Waals surface area (Å²) in [7, 11) is 0. The van der Waals surface area contributed by atoms with Crippen molar-refractivity contribution in [3.63, 3.8) is 0 Å². The fourth-order valence-corrected chi connectivity index (χ4v) is 1.41. The molecule has 13 heavy (non-hydrogen) atoms. The Morgan fingerprint density at radius 3 is 3.08 bits per heavy atom. The molecule has 0 spiro atoms. The van der Waals surface area contributed by atoms with Gasteiger partial charge in [-0.2, -0.15) is 0 Å². The molecule has 0 aromatic carbocycles. The van der Waals surface area contributed by atoms with Crippen LogP contribution in [0.25, 0.3) is 16.6 Å². The van der Waals surface area contributed by atoms with Crippen molar-refractivity contribution in [1.82, 2.24) is 19.4 Å². The van der Waals surface area contributed by atoms with Crippen molar-refractivity contribution in [2.75, 3.05) is 0 Å². The van der Waals surface area contributed by atoms with Gasteiger partial charge in [0.25, 0.3) is 0 Å². The average molecular weight is 170 g/mol. The lowest BCUT2D eigenvalue weighted by molar-refractivity contribution is 1.17. The summed E-state index contributed by atoms with van der Waals surface area (Å²) in [6, 6.07) is 1.88. The highest BCUT2D eigenvalue weighted by Crippen LogP contribution is 2.11. The minimum atomic E-state index is 0.931. The van der Waals surface area contributed by atoms with Crippen LogP contribution in [0.1, 0.15) is 0 Å². The zero-order chi connectivity index (χ0) is 8.67. The van der Waals surface area contributed by atoms with Gasteiger partial charge < -0.3 is 0 Å². The minimum Gasteiger partial charge on any atom is -0.294 e. The third kappa shape index (κ3) is 0.823. The third-order valence-electron chi connectivity index (χ3n) is 2.04. The Morgan fingerprint density at radius 2 is 2.08 bits per heavy atom. The molecule has 3 rings (SSSR count). The number of fused-ring (bicyclic) bond motifs is 3. The number of hydrogen-bond acceptors (Lipinski definition) is 3. The average Bonchev–Trinajstić information content (AvgIpc) is 2.65. The van der Waals surface area contributed by atoms with Crippen molar-refractivity contribution >= 4 is 16.6 Å². The number of imidazole rings is 1. The van der Waals surface area contributed by atoms with Crippen LogP contribution in [0.5, 0.6) is 0 Å². The second-order valence-corrected chi connectivity index (χ2v) is 2.81. The van der Waals surface area contributed by atoms with Crippen LogP contribution in [0, 0.1) is 0 Å². The summed E-state index contributed by atoms with van der Waals surface area (Å²) < 4.78 is 1.97. The molecule has 0 atom stereocenters. The van der Waals surface area contributed by atoms with Crippen LogP contribution in [0.3, 0.4) is 0 Å². The molecule has 3 aromatic rings. The quantitative estimate of drug-likeness (QED) is 0.510. The molecule has 3 heterocycles. The first-order chi connectivity index (χ1) is 6.45. The van der Waals surface area contributed by atoms with Gasteiger partial charge in [0.1, 0.15) is 0 Å². The van der Waals surface area contributed by atoms with E-state index in [1.807, 2.05) is 10.5 Å². The third-order valence-corrected chi connectivity index (χ3v) is 2.04. The van der Waals surface area contributed by atoms with Crippen LogP contribution in [-0.4, -0.2) is 19.4 Å². The fourth-order valence-electron chi connectivity index (χ4n) is 1.41. The summed E-state index contributed by atoms with van der Waals surface area (Å²) >= 11 is 0. The first kappa shape index (κ1) is 6.54. The first-order valence-electron chi connectivity index (χ1n) is 3.96. The van der Waals surface area contributed by atoms with E-state index in [0.29, 0.717) is 0 Å². The zero-order valence-corrected chi connectivity index (χ0v) is 6.75. The maximum absolute atomic E-state index is 4.28. The molecule has 0 saturated heterocycles. The molecule has 0 radical (unpaired) electrons. The second-order valence-electron chi connectivity index (χ2n) is 2.81. The lowest BCUT2D eigenvalue weighted by Crippen LogP contribution is -1.89. The summed E-state index contributed by atoms with van der Waals surface area (Å²) in [6.07, 6.45) is 8.87. The zero-order valence-electron chi connectivity index (χ0n) is 6.75. The summed E-state index contributed by atoms with van der Waals surface area (Å²) in [6.45, 7) is 0. The summed E-state index contributed by atoms with van der Waals surface area (Å²) in [5.74, 6) is 0. The van der Waals surface area contributed by atoms with Crippen LogP contribution in [-0.2, 0) is 0 Å². The van der Waals surface area contributed by atoms with Gasteiger partial charge in [-0.05, 0) is 6.07 Å². The molecule has 4 heteroatoms. The second kappa shape index (κ2) is 2.26. The molecule has 0 saturated carbocycles. The van der Waals surface area contributed by atoms with E-state index in [-0.39, 0.29) is 0 Å². The van der Waals surface area contributed by atoms with Crippen molar-refractivity contribution in [3.8, 4) is 0 Å². The van der Waals surface area contributed by atoms with Crippen molar-refractivity contribution in [2.24, 2.45) is 0 Å². The van der Waals surface area contributed by atoms with Gasteiger partial charge in [0.05, 0.1) is 41.5 Å². The predicted molar refractivity (Wildman–Crippen MR) is 48.3 cm³/mol. The maximum Gasteiger partial charge on any atom is 0.0998 e. The van der Waals surface area contributed by atoms with E-state index in [1.54, 1.807) is 31.1 Å². The van der Waals surface area contributed by atoms with Gasteiger partial charge in [-0.15, -0.1) is 0 Å². The largest absolute Gasteiger partial charge is 0.294 e. The molecule has 4 nitrogen and oxygen atoms in total. The highest BCUT2D eigenvalue weighted by atomic mass is 15.0. The van der Waals surface area contributed by atoms with E-state index >= 15 is 0 Å².